The van der Waals surface area contributed by atoms with Crippen molar-refractivity contribution in [3.05, 3.63) is 12.3 Å². The van der Waals surface area contributed by atoms with Gasteiger partial charge in [0, 0.05) is 45.6 Å². The Balaban J connectivity index is 1.81. The predicted octanol–water partition coefficient (Wildman–Crippen LogP) is 1.63. The second-order valence-electron chi connectivity index (χ2n) is 5.63. The number of hydrogen-bond acceptors (Lipinski definition) is 4. The maximum Gasteiger partial charge on any atom is 0.403 e. The molecule has 1 aromatic heterocycles. The van der Waals surface area contributed by atoms with Gasteiger partial charge in [-0.2, -0.15) is 18.3 Å². The van der Waals surface area contributed by atoms with Gasteiger partial charge in [0.1, 0.15) is 6.04 Å². The number of methoxy groups -OCH3 is 1. The molecule has 0 aromatic carbocycles. The van der Waals surface area contributed by atoms with Gasteiger partial charge in [0.25, 0.3) is 0 Å². The molecule has 1 aromatic rings. The molecule has 0 unspecified atom stereocenters. The molecule has 1 aliphatic heterocycles. The van der Waals surface area contributed by atoms with E-state index in [1.165, 1.54) is 9.80 Å². The molecule has 0 spiro atoms. The molecule has 2 rings (SSSR count). The fraction of sp³-hybridized carbons (Fsp3) is 0.714. The van der Waals surface area contributed by atoms with Gasteiger partial charge in [-0.3, -0.25) is 14.9 Å². The highest BCUT2D eigenvalue weighted by atomic mass is 19.4. The Bertz CT molecular complexity index is 541. The molecular formula is C14H22F3N5O2. The van der Waals surface area contributed by atoms with E-state index in [-0.39, 0.29) is 32.2 Å². The molecule has 10 heteroatoms. The van der Waals surface area contributed by atoms with Gasteiger partial charge in [0.15, 0.2) is 5.82 Å². The number of nitrogens with zero attached hydrogens (tertiary/aromatic N) is 4. The summed E-state index contributed by atoms with van der Waals surface area (Å²) in [6, 6.07) is -0.194. The van der Waals surface area contributed by atoms with E-state index < -0.39 is 12.2 Å². The highest BCUT2D eigenvalue weighted by Gasteiger charge is 2.41. The molecule has 0 bridgehead atoms. The summed E-state index contributed by atoms with van der Waals surface area (Å²) in [5.74, 6) is 0.405. The highest BCUT2D eigenvalue weighted by molar-refractivity contribution is 5.88. The SMILES string of the molecule is COCCn1ccc(NC(=O)N2CCN([C@@H](C)C(F)(F)F)CC2)n1. The molecule has 0 saturated carbocycles. The van der Waals surface area contributed by atoms with Crippen LogP contribution in [-0.4, -0.2) is 77.7 Å². The third-order valence-corrected chi connectivity index (χ3v) is 4.02. The minimum Gasteiger partial charge on any atom is -0.383 e. The average molecular weight is 349 g/mol. The van der Waals surface area contributed by atoms with Crippen molar-refractivity contribution in [3.63, 3.8) is 0 Å². The van der Waals surface area contributed by atoms with Crippen LogP contribution in [0.15, 0.2) is 12.3 Å². The molecule has 0 aliphatic carbocycles. The van der Waals surface area contributed by atoms with E-state index in [0.717, 1.165) is 6.92 Å². The van der Waals surface area contributed by atoms with Gasteiger partial charge >= 0.3 is 12.2 Å². The van der Waals surface area contributed by atoms with Gasteiger partial charge in [-0.25, -0.2) is 4.79 Å². The molecule has 1 aliphatic rings. The first-order chi connectivity index (χ1) is 11.3. The first-order valence-corrected chi connectivity index (χ1v) is 7.70. The molecule has 24 heavy (non-hydrogen) atoms. The van der Waals surface area contributed by atoms with Crippen molar-refractivity contribution in [1.29, 1.82) is 0 Å². The maximum atomic E-state index is 12.7. The Kier molecular flexibility index (Phi) is 6.05. The molecule has 7 nitrogen and oxygen atoms in total. The number of halogens is 3. The highest BCUT2D eigenvalue weighted by Crippen LogP contribution is 2.25. The number of amides is 2. The number of alkyl halides is 3. The van der Waals surface area contributed by atoms with Crippen molar-refractivity contribution >= 4 is 11.8 Å². The second kappa shape index (κ2) is 7.84. The lowest BCUT2D eigenvalue weighted by molar-refractivity contribution is -0.181. The smallest absolute Gasteiger partial charge is 0.383 e. The van der Waals surface area contributed by atoms with E-state index in [0.29, 0.717) is 19.0 Å². The van der Waals surface area contributed by atoms with Crippen molar-refractivity contribution in [2.45, 2.75) is 25.7 Å². The summed E-state index contributed by atoms with van der Waals surface area (Å²) in [7, 11) is 1.59. The molecular weight excluding hydrogens is 327 g/mol. The molecule has 0 radical (unpaired) electrons. The summed E-state index contributed by atoms with van der Waals surface area (Å²) in [6.07, 6.45) is -2.53. The summed E-state index contributed by atoms with van der Waals surface area (Å²) in [6.45, 7) is 3.09. The fourth-order valence-corrected chi connectivity index (χ4v) is 2.45. The van der Waals surface area contributed by atoms with Gasteiger partial charge < -0.3 is 9.64 Å². The van der Waals surface area contributed by atoms with E-state index in [1.54, 1.807) is 24.1 Å². The lowest BCUT2D eigenvalue weighted by atomic mass is 10.2. The maximum absolute atomic E-state index is 12.7. The van der Waals surface area contributed by atoms with E-state index in [4.69, 9.17) is 4.74 Å². The molecule has 136 valence electrons. The summed E-state index contributed by atoms with van der Waals surface area (Å²) in [5, 5.41) is 6.83. The first kappa shape index (κ1) is 18.5. The van der Waals surface area contributed by atoms with Crippen molar-refractivity contribution in [3.8, 4) is 0 Å². The van der Waals surface area contributed by atoms with Crippen LogP contribution in [-0.2, 0) is 11.3 Å². The lowest BCUT2D eigenvalue weighted by Crippen LogP contribution is -2.55. The Morgan fingerprint density at radius 2 is 2.04 bits per heavy atom. The van der Waals surface area contributed by atoms with Crippen LogP contribution in [0.3, 0.4) is 0 Å². The Hall–Kier alpha value is -1.81. The number of nitrogens with one attached hydrogen (secondary N) is 1. The van der Waals surface area contributed by atoms with Crippen LogP contribution in [0.2, 0.25) is 0 Å². The van der Waals surface area contributed by atoms with Crippen LogP contribution < -0.4 is 5.32 Å². The molecule has 1 atom stereocenters. The summed E-state index contributed by atoms with van der Waals surface area (Å²) < 4.78 is 44.7. The van der Waals surface area contributed by atoms with Gasteiger partial charge in [-0.1, -0.05) is 0 Å². The van der Waals surface area contributed by atoms with Crippen LogP contribution in [0.25, 0.3) is 0 Å². The number of piperazine rings is 1. The second-order valence-corrected chi connectivity index (χ2v) is 5.63. The lowest BCUT2D eigenvalue weighted by Gasteiger charge is -2.38. The molecule has 2 heterocycles. The van der Waals surface area contributed by atoms with Crippen LogP contribution in [0.5, 0.6) is 0 Å². The average Bonchev–Trinajstić information content (AvgIpc) is 2.98. The van der Waals surface area contributed by atoms with Gasteiger partial charge in [-0.05, 0) is 6.92 Å². The van der Waals surface area contributed by atoms with E-state index in [9.17, 15) is 18.0 Å². The van der Waals surface area contributed by atoms with E-state index in [1.807, 2.05) is 0 Å². The molecule has 1 fully saturated rings. The molecule has 1 N–H and O–H groups in total. The summed E-state index contributed by atoms with van der Waals surface area (Å²) >= 11 is 0. The van der Waals surface area contributed by atoms with Crippen molar-refractivity contribution in [1.82, 2.24) is 19.6 Å². The minimum atomic E-state index is -4.25. The van der Waals surface area contributed by atoms with E-state index in [2.05, 4.69) is 10.4 Å². The monoisotopic (exact) mass is 349 g/mol. The summed E-state index contributed by atoms with van der Waals surface area (Å²) in [5.41, 5.74) is 0. The number of carbonyl (C=O) groups is 1. The largest absolute Gasteiger partial charge is 0.403 e. The Morgan fingerprint density at radius 3 is 2.62 bits per heavy atom. The van der Waals surface area contributed by atoms with Crippen LogP contribution in [0, 0.1) is 0 Å². The first-order valence-electron chi connectivity index (χ1n) is 7.70. The van der Waals surface area contributed by atoms with Crippen molar-refractivity contribution < 1.29 is 22.7 Å². The number of anilines is 1. The van der Waals surface area contributed by atoms with Crippen LogP contribution in [0.4, 0.5) is 23.8 Å². The number of hydrogen-bond donors (Lipinski definition) is 1. The number of aromatic nitrogens is 2. The quantitative estimate of drug-likeness (QED) is 0.878. The van der Waals surface area contributed by atoms with Crippen molar-refractivity contribution in [2.75, 3.05) is 45.2 Å². The third kappa shape index (κ3) is 4.84. The molecule has 2 amide bonds. The fourth-order valence-electron chi connectivity index (χ4n) is 2.45. The molecule has 1 saturated heterocycles. The van der Waals surface area contributed by atoms with Crippen LogP contribution >= 0.6 is 0 Å². The van der Waals surface area contributed by atoms with Crippen molar-refractivity contribution in [2.24, 2.45) is 0 Å². The predicted molar refractivity (Wildman–Crippen MR) is 81.8 cm³/mol. The van der Waals surface area contributed by atoms with Gasteiger partial charge in [0.2, 0.25) is 0 Å². The number of carbonyl (C=O) groups excluding carboxylic acids is 1. The van der Waals surface area contributed by atoms with E-state index >= 15 is 0 Å². The van der Waals surface area contributed by atoms with Gasteiger partial charge in [0.05, 0.1) is 13.2 Å². The standard InChI is InChI=1S/C14H22F3N5O2/c1-11(14(15,16)17)20-5-7-21(8-6-20)13(23)18-12-3-4-22(19-12)9-10-24-2/h3-4,11H,5-10H2,1-2H3,(H,18,19,23)/t11-/m0/s1. The summed E-state index contributed by atoms with van der Waals surface area (Å²) in [4.78, 5) is 15.0. The minimum absolute atomic E-state index is 0.191. The Labute approximate surface area is 138 Å². The third-order valence-electron chi connectivity index (χ3n) is 4.02. The van der Waals surface area contributed by atoms with Gasteiger partial charge in [-0.15, -0.1) is 0 Å². The Morgan fingerprint density at radius 1 is 1.38 bits per heavy atom. The zero-order chi connectivity index (χ0) is 17.7. The zero-order valence-electron chi connectivity index (χ0n) is 13.7. The normalized spacial score (nSPS) is 17.8. The number of ether oxygens (including phenoxy) is 1. The topological polar surface area (TPSA) is 62.6 Å². The van der Waals surface area contributed by atoms with Crippen LogP contribution in [0.1, 0.15) is 6.92 Å². The zero-order valence-corrected chi connectivity index (χ0v) is 13.7. The number of urea groups is 1. The number of rotatable bonds is 5.